The summed E-state index contributed by atoms with van der Waals surface area (Å²) < 4.78 is 6.27. The summed E-state index contributed by atoms with van der Waals surface area (Å²) in [7, 11) is 0. The SMILES string of the molecule is CCN(C(=O)COC(=O)c1ccc(SCc2cscn2)cc1)c1nc2ccccc2s1. The van der Waals surface area contributed by atoms with Crippen molar-refractivity contribution < 1.29 is 14.3 Å². The number of anilines is 1. The molecule has 4 aromatic rings. The summed E-state index contributed by atoms with van der Waals surface area (Å²) in [6.45, 7) is 1.98. The fraction of sp³-hybridized carbons (Fsp3) is 0.182. The minimum absolute atomic E-state index is 0.301. The molecule has 0 aliphatic heterocycles. The van der Waals surface area contributed by atoms with E-state index in [9.17, 15) is 9.59 Å². The van der Waals surface area contributed by atoms with Crippen LogP contribution < -0.4 is 4.90 Å². The van der Waals surface area contributed by atoms with Crippen LogP contribution in [-0.2, 0) is 15.3 Å². The molecule has 0 N–H and O–H groups in total. The lowest BCUT2D eigenvalue weighted by atomic mass is 10.2. The van der Waals surface area contributed by atoms with Crippen LogP contribution in [0.2, 0.25) is 0 Å². The van der Waals surface area contributed by atoms with E-state index in [1.54, 1.807) is 35.2 Å². The highest BCUT2D eigenvalue weighted by Crippen LogP contribution is 2.28. The van der Waals surface area contributed by atoms with Crippen molar-refractivity contribution >= 4 is 61.7 Å². The Morgan fingerprint density at radius 1 is 1.13 bits per heavy atom. The second kappa shape index (κ2) is 10.0. The lowest BCUT2D eigenvalue weighted by Crippen LogP contribution is -2.34. The summed E-state index contributed by atoms with van der Waals surface area (Å²) in [5, 5.41) is 2.62. The van der Waals surface area contributed by atoms with E-state index in [0.29, 0.717) is 17.2 Å². The number of benzene rings is 2. The molecular formula is C22H19N3O3S3. The molecule has 0 saturated heterocycles. The molecule has 2 aromatic heterocycles. The number of hydrogen-bond acceptors (Lipinski definition) is 8. The third kappa shape index (κ3) is 5.30. The van der Waals surface area contributed by atoms with Crippen molar-refractivity contribution in [3.05, 3.63) is 70.7 Å². The Kier molecular flexibility index (Phi) is 6.96. The molecule has 0 unspecified atom stereocenters. The van der Waals surface area contributed by atoms with E-state index >= 15 is 0 Å². The third-order valence-electron chi connectivity index (χ3n) is 4.42. The number of ether oxygens (including phenoxy) is 1. The molecule has 31 heavy (non-hydrogen) atoms. The van der Waals surface area contributed by atoms with Crippen LogP contribution in [0, 0.1) is 0 Å². The number of thiazole rings is 2. The van der Waals surface area contributed by atoms with Gasteiger partial charge in [0.1, 0.15) is 0 Å². The standard InChI is InChI=1S/C22H19N3O3S3/c1-2-25(22-24-18-5-3-4-6-19(18)31-22)20(26)11-28-21(27)15-7-9-17(10-8-15)30-13-16-12-29-14-23-16/h3-10,12,14H,2,11,13H2,1H3. The predicted octanol–water partition coefficient (Wildman–Crippen LogP) is 5.26. The fourth-order valence-corrected chi connectivity index (χ4v) is 5.35. The third-order valence-corrected chi connectivity index (χ3v) is 7.16. The first-order valence-corrected chi connectivity index (χ1v) is 12.3. The highest BCUT2D eigenvalue weighted by Gasteiger charge is 2.20. The van der Waals surface area contributed by atoms with Crippen molar-refractivity contribution in [2.45, 2.75) is 17.6 Å². The second-order valence-corrected chi connectivity index (χ2v) is 9.25. The quantitative estimate of drug-likeness (QED) is 0.259. The van der Waals surface area contributed by atoms with Crippen LogP contribution in [0.3, 0.4) is 0 Å². The number of fused-ring (bicyclic) bond motifs is 1. The Balaban J connectivity index is 1.33. The maximum absolute atomic E-state index is 12.6. The van der Waals surface area contributed by atoms with Gasteiger partial charge in [-0.3, -0.25) is 9.69 Å². The first kappa shape index (κ1) is 21.5. The number of rotatable bonds is 8. The Labute approximate surface area is 191 Å². The Morgan fingerprint density at radius 3 is 2.65 bits per heavy atom. The largest absolute Gasteiger partial charge is 0.452 e. The number of amides is 1. The Bertz CT molecular complexity index is 1140. The summed E-state index contributed by atoms with van der Waals surface area (Å²) in [6.07, 6.45) is 0. The van der Waals surface area contributed by atoms with Crippen LogP contribution in [0.1, 0.15) is 23.0 Å². The first-order valence-electron chi connectivity index (χ1n) is 9.57. The Morgan fingerprint density at radius 2 is 1.94 bits per heavy atom. The van der Waals surface area contributed by atoms with Gasteiger partial charge in [-0.2, -0.15) is 0 Å². The number of nitrogens with zero attached hydrogens (tertiary/aromatic N) is 3. The minimum Gasteiger partial charge on any atom is -0.452 e. The number of para-hydroxylation sites is 1. The molecule has 0 aliphatic carbocycles. The highest BCUT2D eigenvalue weighted by atomic mass is 32.2. The predicted molar refractivity (Wildman–Crippen MR) is 126 cm³/mol. The zero-order valence-electron chi connectivity index (χ0n) is 16.7. The van der Waals surface area contributed by atoms with Gasteiger partial charge in [-0.05, 0) is 43.3 Å². The van der Waals surface area contributed by atoms with E-state index in [0.717, 1.165) is 26.6 Å². The molecule has 0 fully saturated rings. The van der Waals surface area contributed by atoms with Crippen molar-refractivity contribution in [1.82, 2.24) is 9.97 Å². The number of likely N-dealkylation sites (N-methyl/N-ethyl adjacent to an activating group) is 1. The van der Waals surface area contributed by atoms with Gasteiger partial charge in [-0.1, -0.05) is 23.5 Å². The van der Waals surface area contributed by atoms with Crippen LogP contribution >= 0.6 is 34.4 Å². The monoisotopic (exact) mass is 469 g/mol. The topological polar surface area (TPSA) is 72.4 Å². The van der Waals surface area contributed by atoms with Crippen molar-refractivity contribution in [2.24, 2.45) is 0 Å². The number of carbonyl (C=O) groups is 2. The van der Waals surface area contributed by atoms with Crippen molar-refractivity contribution in [1.29, 1.82) is 0 Å². The van der Waals surface area contributed by atoms with Crippen LogP contribution in [0.4, 0.5) is 5.13 Å². The summed E-state index contributed by atoms with van der Waals surface area (Å²) >= 11 is 4.66. The van der Waals surface area contributed by atoms with Crippen LogP contribution in [0.15, 0.2) is 64.3 Å². The molecule has 0 spiro atoms. The van der Waals surface area contributed by atoms with Gasteiger partial charge in [0, 0.05) is 22.6 Å². The zero-order chi connectivity index (χ0) is 21.6. The molecule has 0 saturated carbocycles. The lowest BCUT2D eigenvalue weighted by Gasteiger charge is -2.17. The highest BCUT2D eigenvalue weighted by molar-refractivity contribution is 7.98. The van der Waals surface area contributed by atoms with E-state index in [4.69, 9.17) is 4.74 Å². The van der Waals surface area contributed by atoms with Crippen LogP contribution in [0.5, 0.6) is 0 Å². The van der Waals surface area contributed by atoms with Gasteiger partial charge < -0.3 is 4.74 Å². The number of hydrogen-bond donors (Lipinski definition) is 0. The molecule has 2 aromatic carbocycles. The molecule has 2 heterocycles. The molecule has 6 nitrogen and oxygen atoms in total. The van der Waals surface area contributed by atoms with Crippen molar-refractivity contribution in [2.75, 3.05) is 18.1 Å². The first-order chi connectivity index (χ1) is 15.1. The minimum atomic E-state index is -0.523. The van der Waals surface area contributed by atoms with Gasteiger partial charge in [0.05, 0.1) is 27.0 Å². The normalized spacial score (nSPS) is 10.9. The maximum atomic E-state index is 12.6. The molecule has 0 bridgehead atoms. The smallest absolute Gasteiger partial charge is 0.338 e. The summed E-state index contributed by atoms with van der Waals surface area (Å²) in [5.41, 5.74) is 4.10. The molecule has 4 rings (SSSR count). The number of esters is 1. The average molecular weight is 470 g/mol. The molecular weight excluding hydrogens is 450 g/mol. The van der Waals surface area contributed by atoms with E-state index in [2.05, 4.69) is 9.97 Å². The number of carbonyl (C=O) groups excluding carboxylic acids is 2. The number of thioether (sulfide) groups is 1. The molecule has 1 amide bonds. The maximum Gasteiger partial charge on any atom is 0.338 e. The fourth-order valence-electron chi connectivity index (χ4n) is 2.84. The van der Waals surface area contributed by atoms with Gasteiger partial charge in [0.2, 0.25) is 0 Å². The van der Waals surface area contributed by atoms with Gasteiger partial charge in [-0.25, -0.2) is 14.8 Å². The molecule has 0 aliphatic rings. The zero-order valence-corrected chi connectivity index (χ0v) is 19.1. The Hall–Kier alpha value is -2.75. The summed E-state index contributed by atoms with van der Waals surface area (Å²) in [6, 6.07) is 14.9. The molecule has 9 heteroatoms. The van der Waals surface area contributed by atoms with Gasteiger partial charge in [-0.15, -0.1) is 23.1 Å². The van der Waals surface area contributed by atoms with Crippen LogP contribution in [-0.4, -0.2) is 35.0 Å². The van der Waals surface area contributed by atoms with Crippen molar-refractivity contribution in [3.8, 4) is 0 Å². The lowest BCUT2D eigenvalue weighted by molar-refractivity contribution is -0.121. The molecule has 0 atom stereocenters. The van der Waals surface area contributed by atoms with E-state index in [-0.39, 0.29) is 12.5 Å². The summed E-state index contributed by atoms with van der Waals surface area (Å²) in [4.78, 5) is 36.4. The van der Waals surface area contributed by atoms with Gasteiger partial charge in [0.15, 0.2) is 11.7 Å². The number of aromatic nitrogens is 2. The van der Waals surface area contributed by atoms with Gasteiger partial charge >= 0.3 is 5.97 Å². The summed E-state index contributed by atoms with van der Waals surface area (Å²) in [5.74, 6) is -0.0458. The van der Waals surface area contributed by atoms with Gasteiger partial charge in [0.25, 0.3) is 5.91 Å². The van der Waals surface area contributed by atoms with Crippen molar-refractivity contribution in [3.63, 3.8) is 0 Å². The van der Waals surface area contributed by atoms with Crippen LogP contribution in [0.25, 0.3) is 10.2 Å². The molecule has 158 valence electrons. The molecule has 0 radical (unpaired) electrons. The average Bonchev–Trinajstić information content (AvgIpc) is 3.46. The van der Waals surface area contributed by atoms with E-state index in [1.165, 1.54) is 16.2 Å². The second-order valence-electron chi connectivity index (χ2n) is 6.47. The van der Waals surface area contributed by atoms with E-state index in [1.807, 2.05) is 54.2 Å². The van der Waals surface area contributed by atoms with E-state index < -0.39 is 5.97 Å².